The molecule has 138 valence electrons. The number of aliphatic hydroxyl groups excluding tert-OH is 1. The number of aliphatic hydroxyl groups is 1. The molecule has 1 N–H and O–H groups in total. The van der Waals surface area contributed by atoms with E-state index >= 15 is 0 Å². The third-order valence-electron chi connectivity index (χ3n) is 4.63. The average molecular weight is 365 g/mol. The molecule has 1 saturated heterocycles. The van der Waals surface area contributed by atoms with Crippen molar-refractivity contribution in [1.82, 2.24) is 9.80 Å². The first-order valence-corrected chi connectivity index (χ1v) is 9.26. The van der Waals surface area contributed by atoms with Crippen LogP contribution in [-0.4, -0.2) is 67.5 Å². The van der Waals surface area contributed by atoms with Gasteiger partial charge in [-0.3, -0.25) is 9.80 Å². The van der Waals surface area contributed by atoms with Gasteiger partial charge >= 0.3 is 0 Å². The van der Waals surface area contributed by atoms with E-state index in [0.717, 1.165) is 37.7 Å². The van der Waals surface area contributed by atoms with Crippen LogP contribution < -0.4 is 0 Å². The molecule has 0 bridgehead atoms. The molecular weight excluding hydrogens is 336 g/mol. The predicted molar refractivity (Wildman–Crippen MR) is 104 cm³/mol. The molecule has 1 unspecified atom stereocenters. The Labute approximate surface area is 156 Å². The Morgan fingerprint density at radius 3 is 2.48 bits per heavy atom. The lowest BCUT2D eigenvalue weighted by Gasteiger charge is -2.40. The van der Waals surface area contributed by atoms with Gasteiger partial charge in [0.25, 0.3) is 0 Å². The van der Waals surface area contributed by atoms with Gasteiger partial charge in [0.05, 0.1) is 25.9 Å². The van der Waals surface area contributed by atoms with Crippen molar-refractivity contribution in [1.29, 1.82) is 0 Å². The van der Waals surface area contributed by atoms with Gasteiger partial charge in [-0.05, 0) is 30.2 Å². The topological polar surface area (TPSA) is 35.9 Å². The highest BCUT2D eigenvalue weighted by Gasteiger charge is 2.26. The summed E-state index contributed by atoms with van der Waals surface area (Å²) in [6.45, 7) is 12.2. The zero-order chi connectivity index (χ0) is 18.1. The highest BCUT2D eigenvalue weighted by Crippen LogP contribution is 2.31. The summed E-state index contributed by atoms with van der Waals surface area (Å²) in [5.74, 6) is 0. The number of halogens is 1. The van der Waals surface area contributed by atoms with Gasteiger partial charge in [-0.15, -0.1) is 0 Å². The van der Waals surface area contributed by atoms with Crippen molar-refractivity contribution >= 4 is 11.6 Å². The van der Waals surface area contributed by atoms with Crippen LogP contribution in [-0.2, 0) is 4.74 Å². The SMILES string of the molecule is C=CC(=CC)C(c1ccc(Cl)cc1)N1CCN(CCOCCO)CC1. The Kier molecular flexibility index (Phi) is 8.65. The van der Waals surface area contributed by atoms with E-state index in [1.165, 1.54) is 11.1 Å². The second kappa shape index (κ2) is 10.7. The van der Waals surface area contributed by atoms with Crippen LogP contribution in [0.15, 0.2) is 48.6 Å². The van der Waals surface area contributed by atoms with E-state index in [4.69, 9.17) is 21.4 Å². The quantitative estimate of drug-likeness (QED) is 0.539. The molecule has 0 aliphatic carbocycles. The van der Waals surface area contributed by atoms with Crippen molar-refractivity contribution in [2.24, 2.45) is 0 Å². The molecule has 2 rings (SSSR count). The molecule has 0 saturated carbocycles. The van der Waals surface area contributed by atoms with Crippen LogP contribution in [0.2, 0.25) is 5.02 Å². The number of allylic oxidation sites excluding steroid dienone is 1. The minimum atomic E-state index is 0.0875. The summed E-state index contributed by atoms with van der Waals surface area (Å²) in [5.41, 5.74) is 2.47. The van der Waals surface area contributed by atoms with E-state index in [9.17, 15) is 0 Å². The molecular formula is C20H29ClN2O2. The molecule has 0 amide bonds. The summed E-state index contributed by atoms with van der Waals surface area (Å²) in [7, 11) is 0. The Balaban J connectivity index is 2.00. The maximum Gasteiger partial charge on any atom is 0.0698 e. The number of benzene rings is 1. The number of nitrogens with zero attached hydrogens (tertiary/aromatic N) is 2. The molecule has 25 heavy (non-hydrogen) atoms. The minimum absolute atomic E-state index is 0.0875. The predicted octanol–water partition coefficient (Wildman–Crippen LogP) is 3.14. The van der Waals surface area contributed by atoms with Gasteiger partial charge in [0.15, 0.2) is 0 Å². The standard InChI is InChI=1S/C20H29ClN2O2/c1-3-17(4-2)20(18-5-7-19(21)8-6-18)23-11-9-22(10-12-23)13-15-25-16-14-24/h3-8,20,24H,1,9-16H2,2H3. The van der Waals surface area contributed by atoms with Gasteiger partial charge in [0.1, 0.15) is 0 Å². The van der Waals surface area contributed by atoms with Crippen LogP contribution in [0.3, 0.4) is 0 Å². The summed E-state index contributed by atoms with van der Waals surface area (Å²) < 4.78 is 5.37. The van der Waals surface area contributed by atoms with Crippen molar-refractivity contribution in [2.45, 2.75) is 13.0 Å². The first-order valence-electron chi connectivity index (χ1n) is 8.88. The van der Waals surface area contributed by atoms with E-state index in [2.05, 4.69) is 41.5 Å². The van der Waals surface area contributed by atoms with Crippen molar-refractivity contribution in [3.63, 3.8) is 0 Å². The molecule has 1 fully saturated rings. The summed E-state index contributed by atoms with van der Waals surface area (Å²) in [6.07, 6.45) is 4.09. The fourth-order valence-electron chi connectivity index (χ4n) is 3.25. The van der Waals surface area contributed by atoms with Gasteiger partial charge in [-0.25, -0.2) is 0 Å². The average Bonchev–Trinajstić information content (AvgIpc) is 2.65. The smallest absolute Gasteiger partial charge is 0.0698 e. The lowest BCUT2D eigenvalue weighted by Crippen LogP contribution is -2.48. The summed E-state index contributed by atoms with van der Waals surface area (Å²) in [6, 6.07) is 8.33. The number of piperazine rings is 1. The van der Waals surface area contributed by atoms with Gasteiger partial charge in [-0.1, -0.05) is 42.5 Å². The maximum atomic E-state index is 8.76. The normalized spacial score (nSPS) is 18.3. The largest absolute Gasteiger partial charge is 0.394 e. The lowest BCUT2D eigenvalue weighted by atomic mass is 9.96. The van der Waals surface area contributed by atoms with Crippen LogP contribution in [0.25, 0.3) is 0 Å². The Morgan fingerprint density at radius 1 is 1.24 bits per heavy atom. The first kappa shape index (κ1) is 20.1. The molecule has 1 aliphatic rings. The number of hydrogen-bond donors (Lipinski definition) is 1. The zero-order valence-corrected chi connectivity index (χ0v) is 15.8. The first-order chi connectivity index (χ1) is 12.2. The monoisotopic (exact) mass is 364 g/mol. The van der Waals surface area contributed by atoms with E-state index < -0.39 is 0 Å². The Morgan fingerprint density at radius 2 is 1.92 bits per heavy atom. The molecule has 4 nitrogen and oxygen atoms in total. The lowest BCUT2D eigenvalue weighted by molar-refractivity contribution is 0.0521. The van der Waals surface area contributed by atoms with Crippen LogP contribution >= 0.6 is 11.6 Å². The molecule has 5 heteroatoms. The summed E-state index contributed by atoms with van der Waals surface area (Å²) in [4.78, 5) is 4.92. The molecule has 0 radical (unpaired) electrons. The van der Waals surface area contributed by atoms with Crippen LogP contribution in [0.1, 0.15) is 18.5 Å². The molecule has 1 aromatic rings. The van der Waals surface area contributed by atoms with Gasteiger partial charge in [0.2, 0.25) is 0 Å². The van der Waals surface area contributed by atoms with E-state index in [0.29, 0.717) is 13.2 Å². The Hall–Kier alpha value is -1.17. The molecule has 1 atom stereocenters. The van der Waals surface area contributed by atoms with Gasteiger partial charge in [0, 0.05) is 37.7 Å². The fourth-order valence-corrected chi connectivity index (χ4v) is 3.38. The molecule has 1 aromatic carbocycles. The molecule has 1 aliphatic heterocycles. The summed E-state index contributed by atoms with van der Waals surface area (Å²) >= 11 is 6.06. The van der Waals surface area contributed by atoms with Crippen molar-refractivity contribution in [3.8, 4) is 0 Å². The molecule has 1 heterocycles. The number of ether oxygens (including phenoxy) is 1. The van der Waals surface area contributed by atoms with Gasteiger partial charge in [-0.2, -0.15) is 0 Å². The van der Waals surface area contributed by atoms with Gasteiger partial charge < -0.3 is 9.84 Å². The molecule has 0 aromatic heterocycles. The van der Waals surface area contributed by atoms with E-state index in [1.807, 2.05) is 18.2 Å². The van der Waals surface area contributed by atoms with Crippen LogP contribution in [0.5, 0.6) is 0 Å². The van der Waals surface area contributed by atoms with Crippen molar-refractivity contribution in [2.75, 3.05) is 52.5 Å². The Bertz CT molecular complexity index is 551. The third kappa shape index (κ3) is 5.94. The number of hydrogen-bond acceptors (Lipinski definition) is 4. The second-order valence-corrected chi connectivity index (χ2v) is 6.60. The fraction of sp³-hybridized carbons (Fsp3) is 0.500. The van der Waals surface area contributed by atoms with Crippen molar-refractivity contribution in [3.05, 3.63) is 59.2 Å². The van der Waals surface area contributed by atoms with Crippen LogP contribution in [0, 0.1) is 0 Å². The van der Waals surface area contributed by atoms with Crippen molar-refractivity contribution < 1.29 is 9.84 Å². The zero-order valence-electron chi connectivity index (χ0n) is 15.0. The van der Waals surface area contributed by atoms with Crippen LogP contribution in [0.4, 0.5) is 0 Å². The molecule has 0 spiro atoms. The highest BCUT2D eigenvalue weighted by atomic mass is 35.5. The minimum Gasteiger partial charge on any atom is -0.394 e. The highest BCUT2D eigenvalue weighted by molar-refractivity contribution is 6.30. The number of rotatable bonds is 9. The van der Waals surface area contributed by atoms with E-state index in [-0.39, 0.29) is 12.6 Å². The summed E-state index contributed by atoms with van der Waals surface area (Å²) in [5, 5.41) is 9.52. The second-order valence-electron chi connectivity index (χ2n) is 6.16. The third-order valence-corrected chi connectivity index (χ3v) is 4.88. The maximum absolute atomic E-state index is 8.76. The van der Waals surface area contributed by atoms with E-state index in [1.54, 1.807) is 0 Å².